The van der Waals surface area contributed by atoms with Crippen molar-refractivity contribution in [3.8, 4) is 5.75 Å². The molecule has 7 heteroatoms. The van der Waals surface area contributed by atoms with Crippen LogP contribution in [0.1, 0.15) is 23.2 Å². The van der Waals surface area contributed by atoms with Gasteiger partial charge in [-0.1, -0.05) is 17.7 Å². The Hall–Kier alpha value is -1.82. The smallest absolute Gasteiger partial charge is 0.255 e. The molecule has 0 saturated carbocycles. The summed E-state index contributed by atoms with van der Waals surface area (Å²) in [5.41, 5.74) is 0.978. The van der Waals surface area contributed by atoms with Crippen LogP contribution in [0.4, 0.5) is 10.1 Å². The maximum atomic E-state index is 12.9. The molecule has 0 atom stereocenters. The Morgan fingerprint density at radius 2 is 1.84 bits per heavy atom. The Bertz CT molecular complexity index is 719. The van der Waals surface area contributed by atoms with E-state index in [1.807, 2.05) is 0 Å². The molecule has 0 aromatic heterocycles. The highest BCUT2D eigenvalue weighted by molar-refractivity contribution is 6.23. The summed E-state index contributed by atoms with van der Waals surface area (Å²) in [6, 6.07) is 12.5. The molecule has 0 radical (unpaired) electrons. The highest BCUT2D eigenvalue weighted by atomic mass is 35.5. The molecule has 2 aromatic carbocycles. The van der Waals surface area contributed by atoms with Gasteiger partial charge in [0.2, 0.25) is 0 Å². The summed E-state index contributed by atoms with van der Waals surface area (Å²) in [4.78, 5) is 12.2. The molecular formula is C18H19Cl2FN2O2. The van der Waals surface area contributed by atoms with Gasteiger partial charge in [-0.15, -0.1) is 12.4 Å². The van der Waals surface area contributed by atoms with Crippen molar-refractivity contribution in [1.82, 2.24) is 5.32 Å². The van der Waals surface area contributed by atoms with Crippen LogP contribution in [0, 0.1) is 5.82 Å². The molecule has 1 fully saturated rings. The van der Waals surface area contributed by atoms with E-state index in [1.165, 1.54) is 24.3 Å². The van der Waals surface area contributed by atoms with Crippen molar-refractivity contribution in [3.63, 3.8) is 0 Å². The molecule has 1 aliphatic heterocycles. The van der Waals surface area contributed by atoms with Crippen LogP contribution in [0.5, 0.6) is 5.75 Å². The predicted molar refractivity (Wildman–Crippen MR) is 99.4 cm³/mol. The fourth-order valence-corrected chi connectivity index (χ4v) is 2.83. The Kier molecular flexibility index (Phi) is 6.64. The molecule has 2 aromatic rings. The second-order valence-corrected chi connectivity index (χ2v) is 6.41. The van der Waals surface area contributed by atoms with E-state index in [0.29, 0.717) is 29.8 Å². The number of hydrogen-bond donors (Lipinski definition) is 2. The van der Waals surface area contributed by atoms with Gasteiger partial charge in [-0.2, -0.15) is 0 Å². The number of amides is 1. The number of carbonyl (C=O) groups is 1. The first-order chi connectivity index (χ1) is 11.5. The first-order valence-electron chi connectivity index (χ1n) is 7.80. The molecule has 0 unspecified atom stereocenters. The summed E-state index contributed by atoms with van der Waals surface area (Å²) in [5, 5.41) is 5.29. The largest absolute Gasteiger partial charge is 0.472 e. The van der Waals surface area contributed by atoms with Gasteiger partial charge in [-0.25, -0.2) is 4.39 Å². The molecule has 3 rings (SSSR count). The van der Waals surface area contributed by atoms with Gasteiger partial charge in [0.05, 0.1) is 0 Å². The highest BCUT2D eigenvalue weighted by Crippen LogP contribution is 2.31. The summed E-state index contributed by atoms with van der Waals surface area (Å²) >= 11 is 6.49. The first kappa shape index (κ1) is 19.5. The van der Waals surface area contributed by atoms with Gasteiger partial charge in [-0.3, -0.25) is 4.79 Å². The number of nitrogens with one attached hydrogen (secondary N) is 2. The zero-order valence-electron chi connectivity index (χ0n) is 13.4. The van der Waals surface area contributed by atoms with Crippen molar-refractivity contribution in [2.24, 2.45) is 0 Å². The number of anilines is 1. The van der Waals surface area contributed by atoms with Gasteiger partial charge in [0, 0.05) is 43.2 Å². The predicted octanol–water partition coefficient (Wildman–Crippen LogP) is 4.20. The van der Waals surface area contributed by atoms with E-state index in [-0.39, 0.29) is 24.1 Å². The second kappa shape index (κ2) is 8.52. The average molecular weight is 385 g/mol. The van der Waals surface area contributed by atoms with Gasteiger partial charge in [0.15, 0.2) is 5.06 Å². The Morgan fingerprint density at radius 3 is 2.52 bits per heavy atom. The fraction of sp³-hybridized carbons (Fsp3) is 0.278. The number of rotatable bonds is 4. The number of piperidine rings is 1. The van der Waals surface area contributed by atoms with Crippen LogP contribution in [0.2, 0.25) is 0 Å². The fourth-order valence-electron chi connectivity index (χ4n) is 2.56. The molecule has 1 heterocycles. The van der Waals surface area contributed by atoms with Crippen LogP contribution >= 0.6 is 24.0 Å². The Morgan fingerprint density at radius 1 is 1.16 bits per heavy atom. The molecule has 0 spiro atoms. The van der Waals surface area contributed by atoms with Crippen molar-refractivity contribution in [1.29, 1.82) is 0 Å². The zero-order valence-corrected chi connectivity index (χ0v) is 15.0. The maximum absolute atomic E-state index is 12.9. The first-order valence-corrected chi connectivity index (χ1v) is 8.18. The van der Waals surface area contributed by atoms with Gasteiger partial charge >= 0.3 is 0 Å². The molecule has 134 valence electrons. The molecule has 4 nitrogen and oxygen atoms in total. The molecule has 0 aliphatic carbocycles. The van der Waals surface area contributed by atoms with Gasteiger partial charge in [-0.05, 0) is 36.4 Å². The van der Waals surface area contributed by atoms with Gasteiger partial charge in [0.25, 0.3) is 5.91 Å². The minimum Gasteiger partial charge on any atom is -0.472 e. The normalized spacial score (nSPS) is 15.8. The third-order valence-corrected chi connectivity index (χ3v) is 4.30. The zero-order chi connectivity index (χ0) is 17.0. The molecule has 1 amide bonds. The summed E-state index contributed by atoms with van der Waals surface area (Å²) < 4.78 is 18.8. The third kappa shape index (κ3) is 5.33. The van der Waals surface area contributed by atoms with Crippen molar-refractivity contribution >= 4 is 35.6 Å². The van der Waals surface area contributed by atoms with E-state index in [1.54, 1.807) is 24.3 Å². The second-order valence-electron chi connectivity index (χ2n) is 5.72. The van der Waals surface area contributed by atoms with Crippen LogP contribution in [-0.2, 0) is 0 Å². The van der Waals surface area contributed by atoms with E-state index >= 15 is 0 Å². The van der Waals surface area contributed by atoms with Gasteiger partial charge in [0.1, 0.15) is 11.6 Å². The minimum atomic E-state index is -0.717. The Balaban J connectivity index is 0.00000225. The third-order valence-electron chi connectivity index (χ3n) is 3.85. The topological polar surface area (TPSA) is 50.4 Å². The van der Waals surface area contributed by atoms with Crippen molar-refractivity contribution in [2.75, 3.05) is 18.4 Å². The highest BCUT2D eigenvalue weighted by Gasteiger charge is 2.31. The lowest BCUT2D eigenvalue weighted by atomic mass is 10.1. The number of hydrogen-bond acceptors (Lipinski definition) is 3. The standard InChI is InChI=1S/C18H18ClFN2O2.ClH/c19-18(8-10-21-11-9-18)24-16-3-1-2-15(12-16)22-17(23)13-4-6-14(20)7-5-13;/h1-7,12,21H,8-11H2,(H,22,23);1H. The molecule has 1 aliphatic rings. The lowest BCUT2D eigenvalue weighted by molar-refractivity contribution is 0.102. The molecule has 1 saturated heterocycles. The van der Waals surface area contributed by atoms with E-state index in [0.717, 1.165) is 13.1 Å². The number of ether oxygens (including phenoxy) is 1. The van der Waals surface area contributed by atoms with Crippen LogP contribution in [0.25, 0.3) is 0 Å². The number of alkyl halides is 1. The van der Waals surface area contributed by atoms with E-state index in [9.17, 15) is 9.18 Å². The Labute approximate surface area is 157 Å². The average Bonchev–Trinajstić information content (AvgIpc) is 2.56. The molecule has 25 heavy (non-hydrogen) atoms. The van der Waals surface area contributed by atoms with Crippen molar-refractivity contribution in [2.45, 2.75) is 17.9 Å². The molecular weight excluding hydrogens is 366 g/mol. The van der Waals surface area contributed by atoms with E-state index in [4.69, 9.17) is 16.3 Å². The lowest BCUT2D eigenvalue weighted by Crippen LogP contribution is -2.41. The van der Waals surface area contributed by atoms with Crippen LogP contribution < -0.4 is 15.4 Å². The van der Waals surface area contributed by atoms with Crippen LogP contribution in [0.15, 0.2) is 48.5 Å². The van der Waals surface area contributed by atoms with Crippen molar-refractivity contribution < 1.29 is 13.9 Å². The molecule has 0 bridgehead atoms. The quantitative estimate of drug-likeness (QED) is 0.776. The maximum Gasteiger partial charge on any atom is 0.255 e. The summed E-state index contributed by atoms with van der Waals surface area (Å²) in [5.74, 6) is -0.0882. The van der Waals surface area contributed by atoms with E-state index in [2.05, 4.69) is 10.6 Å². The number of benzene rings is 2. The minimum absolute atomic E-state index is 0. The van der Waals surface area contributed by atoms with Crippen molar-refractivity contribution in [3.05, 3.63) is 59.9 Å². The van der Waals surface area contributed by atoms with E-state index < -0.39 is 5.06 Å². The number of carbonyl (C=O) groups excluding carboxylic acids is 1. The SMILES string of the molecule is Cl.O=C(Nc1cccc(OC2(Cl)CCNCC2)c1)c1ccc(F)cc1. The summed E-state index contributed by atoms with van der Waals surface area (Å²) in [7, 11) is 0. The monoisotopic (exact) mass is 384 g/mol. The summed E-state index contributed by atoms with van der Waals surface area (Å²) in [6.07, 6.45) is 1.42. The van der Waals surface area contributed by atoms with Crippen LogP contribution in [-0.4, -0.2) is 24.1 Å². The number of halogens is 3. The summed E-state index contributed by atoms with van der Waals surface area (Å²) in [6.45, 7) is 1.62. The van der Waals surface area contributed by atoms with Gasteiger partial charge < -0.3 is 15.4 Å². The molecule has 2 N–H and O–H groups in total. The lowest BCUT2D eigenvalue weighted by Gasteiger charge is -2.32. The van der Waals surface area contributed by atoms with Crippen LogP contribution in [0.3, 0.4) is 0 Å².